The van der Waals surface area contributed by atoms with Crippen LogP contribution in [0.1, 0.15) is 12.2 Å². The molecule has 8 nitrogen and oxygen atoms in total. The van der Waals surface area contributed by atoms with Crippen molar-refractivity contribution in [2.45, 2.75) is 13.3 Å². The highest BCUT2D eigenvalue weighted by molar-refractivity contribution is 5.91. The average Bonchev–Trinajstić information content (AvgIpc) is 3.19. The summed E-state index contributed by atoms with van der Waals surface area (Å²) in [6.45, 7) is 3.58. The van der Waals surface area contributed by atoms with Gasteiger partial charge in [0, 0.05) is 18.7 Å². The van der Waals surface area contributed by atoms with Crippen molar-refractivity contribution in [3.8, 4) is 17.2 Å². The van der Waals surface area contributed by atoms with Gasteiger partial charge < -0.3 is 24.1 Å². The average molecular weight is 347 g/mol. The number of nitrogens with one attached hydrogen (secondary N) is 1. The maximum Gasteiger partial charge on any atom is 0.239 e. The molecule has 1 aromatic heterocycles. The number of ether oxygens (including phenoxy) is 3. The van der Waals surface area contributed by atoms with Crippen LogP contribution in [0.25, 0.3) is 0 Å². The second kappa shape index (κ2) is 7.89. The number of carbonyl (C=O) groups excluding carboxylic acids is 1. The molecule has 1 aromatic carbocycles. The van der Waals surface area contributed by atoms with E-state index < -0.39 is 0 Å². The highest BCUT2D eigenvalue weighted by Gasteiger charge is 2.14. The molecule has 1 aliphatic rings. The summed E-state index contributed by atoms with van der Waals surface area (Å²) in [6.07, 6.45) is 0.793. The predicted octanol–water partition coefficient (Wildman–Crippen LogP) is 2.05. The number of nitrogens with zero attached hydrogens (tertiary/aromatic N) is 2. The SMILES string of the molecule is Cc1cc(NC(=O)CN(C)CCCOc2ccc3c(c2)OCO3)no1. The molecule has 0 radical (unpaired) electrons. The summed E-state index contributed by atoms with van der Waals surface area (Å²) in [5.41, 5.74) is 0. The van der Waals surface area contributed by atoms with E-state index in [0.29, 0.717) is 23.9 Å². The second-order valence-electron chi connectivity index (χ2n) is 5.83. The van der Waals surface area contributed by atoms with Gasteiger partial charge in [0.2, 0.25) is 12.7 Å². The van der Waals surface area contributed by atoms with Crippen LogP contribution in [0.4, 0.5) is 5.82 Å². The molecule has 1 N–H and O–H groups in total. The number of aryl methyl sites for hydroxylation is 1. The van der Waals surface area contributed by atoms with E-state index in [1.807, 2.05) is 30.1 Å². The van der Waals surface area contributed by atoms with Crippen molar-refractivity contribution in [2.24, 2.45) is 0 Å². The zero-order valence-corrected chi connectivity index (χ0v) is 14.3. The number of anilines is 1. The monoisotopic (exact) mass is 347 g/mol. The first kappa shape index (κ1) is 17.1. The van der Waals surface area contributed by atoms with Crippen molar-refractivity contribution < 1.29 is 23.5 Å². The second-order valence-corrected chi connectivity index (χ2v) is 5.83. The molecule has 134 valence electrons. The molecule has 0 fully saturated rings. The van der Waals surface area contributed by atoms with Crippen molar-refractivity contribution in [2.75, 3.05) is 38.9 Å². The van der Waals surface area contributed by atoms with E-state index >= 15 is 0 Å². The molecule has 0 atom stereocenters. The Labute approximate surface area is 145 Å². The Morgan fingerprint density at radius 3 is 2.96 bits per heavy atom. The summed E-state index contributed by atoms with van der Waals surface area (Å²) >= 11 is 0. The summed E-state index contributed by atoms with van der Waals surface area (Å²) < 4.78 is 21.2. The first-order valence-electron chi connectivity index (χ1n) is 8.04. The fourth-order valence-electron chi connectivity index (χ4n) is 2.42. The number of likely N-dealkylation sites (N-methyl/N-ethyl adjacent to an activating group) is 1. The van der Waals surface area contributed by atoms with Gasteiger partial charge in [0.1, 0.15) is 11.5 Å². The lowest BCUT2D eigenvalue weighted by atomic mass is 10.3. The quantitative estimate of drug-likeness (QED) is 0.731. The number of aromatic nitrogens is 1. The number of hydrogen-bond donors (Lipinski definition) is 1. The Morgan fingerprint density at radius 1 is 1.32 bits per heavy atom. The van der Waals surface area contributed by atoms with E-state index in [2.05, 4.69) is 10.5 Å². The minimum absolute atomic E-state index is 0.132. The third-order valence-electron chi connectivity index (χ3n) is 3.61. The molecule has 1 aliphatic heterocycles. The number of amides is 1. The van der Waals surface area contributed by atoms with Gasteiger partial charge in [-0.05, 0) is 32.5 Å². The molecule has 3 rings (SSSR count). The van der Waals surface area contributed by atoms with Gasteiger partial charge >= 0.3 is 0 Å². The van der Waals surface area contributed by atoms with Crippen LogP contribution in [0.2, 0.25) is 0 Å². The molecule has 25 heavy (non-hydrogen) atoms. The minimum atomic E-state index is -0.132. The van der Waals surface area contributed by atoms with Crippen LogP contribution in [0.15, 0.2) is 28.8 Å². The van der Waals surface area contributed by atoms with E-state index in [1.165, 1.54) is 0 Å². The highest BCUT2D eigenvalue weighted by atomic mass is 16.7. The Morgan fingerprint density at radius 2 is 2.16 bits per heavy atom. The zero-order chi connectivity index (χ0) is 17.6. The lowest BCUT2D eigenvalue weighted by Gasteiger charge is -2.15. The van der Waals surface area contributed by atoms with E-state index in [0.717, 1.165) is 24.5 Å². The molecule has 2 heterocycles. The van der Waals surface area contributed by atoms with Gasteiger partial charge in [0.15, 0.2) is 17.3 Å². The summed E-state index contributed by atoms with van der Waals surface area (Å²) in [7, 11) is 1.88. The molecule has 0 unspecified atom stereocenters. The molecule has 0 aliphatic carbocycles. The number of carbonyl (C=O) groups is 1. The molecule has 0 saturated carbocycles. The third-order valence-corrected chi connectivity index (χ3v) is 3.61. The summed E-state index contributed by atoms with van der Waals surface area (Å²) in [5, 5.41) is 6.42. The molecule has 0 saturated heterocycles. The Balaban J connectivity index is 1.33. The number of fused-ring (bicyclic) bond motifs is 1. The lowest BCUT2D eigenvalue weighted by molar-refractivity contribution is -0.117. The number of benzene rings is 1. The fourth-order valence-corrected chi connectivity index (χ4v) is 2.42. The summed E-state index contributed by atoms with van der Waals surface area (Å²) in [5.74, 6) is 3.14. The van der Waals surface area contributed by atoms with E-state index in [9.17, 15) is 4.79 Å². The topological polar surface area (TPSA) is 86.1 Å². The highest BCUT2D eigenvalue weighted by Crippen LogP contribution is 2.35. The van der Waals surface area contributed by atoms with Crippen molar-refractivity contribution in [1.82, 2.24) is 10.1 Å². The molecule has 2 aromatic rings. The smallest absolute Gasteiger partial charge is 0.239 e. The van der Waals surface area contributed by atoms with Crippen LogP contribution in [0, 0.1) is 6.92 Å². The molecular weight excluding hydrogens is 326 g/mol. The van der Waals surface area contributed by atoms with Crippen LogP contribution in [0.5, 0.6) is 17.2 Å². The Bertz CT molecular complexity index is 731. The largest absolute Gasteiger partial charge is 0.493 e. The first-order chi connectivity index (χ1) is 12.1. The standard InChI is InChI=1S/C17H21N3O5/c1-12-8-16(19-25-12)18-17(21)10-20(2)6-3-7-22-13-4-5-14-15(9-13)24-11-23-14/h4-5,8-9H,3,6-7,10-11H2,1-2H3,(H,18,19,21). The van der Waals surface area contributed by atoms with Crippen LogP contribution in [-0.2, 0) is 4.79 Å². The van der Waals surface area contributed by atoms with Crippen LogP contribution in [0.3, 0.4) is 0 Å². The normalized spacial score (nSPS) is 12.4. The molecule has 0 bridgehead atoms. The van der Waals surface area contributed by atoms with Crippen molar-refractivity contribution in [3.63, 3.8) is 0 Å². The fraction of sp³-hybridized carbons (Fsp3) is 0.412. The van der Waals surface area contributed by atoms with Crippen LogP contribution < -0.4 is 19.5 Å². The summed E-state index contributed by atoms with van der Waals surface area (Å²) in [4.78, 5) is 13.8. The first-order valence-corrected chi connectivity index (χ1v) is 8.04. The Kier molecular flexibility index (Phi) is 5.39. The van der Waals surface area contributed by atoms with E-state index in [4.69, 9.17) is 18.7 Å². The Hall–Kier alpha value is -2.74. The third kappa shape index (κ3) is 4.87. The van der Waals surface area contributed by atoms with Gasteiger partial charge in [0.05, 0.1) is 13.2 Å². The van der Waals surface area contributed by atoms with Gasteiger partial charge in [-0.1, -0.05) is 5.16 Å². The van der Waals surface area contributed by atoms with Crippen molar-refractivity contribution in [3.05, 3.63) is 30.0 Å². The van der Waals surface area contributed by atoms with E-state index in [-0.39, 0.29) is 19.2 Å². The van der Waals surface area contributed by atoms with Gasteiger partial charge in [0.25, 0.3) is 0 Å². The van der Waals surface area contributed by atoms with Gasteiger partial charge in [-0.15, -0.1) is 0 Å². The number of rotatable bonds is 8. The zero-order valence-electron chi connectivity index (χ0n) is 14.3. The summed E-state index contributed by atoms with van der Waals surface area (Å²) in [6, 6.07) is 7.18. The maximum absolute atomic E-state index is 11.9. The van der Waals surface area contributed by atoms with Gasteiger partial charge in [-0.25, -0.2) is 0 Å². The van der Waals surface area contributed by atoms with Crippen LogP contribution in [-0.4, -0.2) is 49.5 Å². The van der Waals surface area contributed by atoms with Crippen molar-refractivity contribution >= 4 is 11.7 Å². The molecule has 1 amide bonds. The van der Waals surface area contributed by atoms with Crippen molar-refractivity contribution in [1.29, 1.82) is 0 Å². The lowest BCUT2D eigenvalue weighted by Crippen LogP contribution is -2.31. The molecule has 0 spiro atoms. The van der Waals surface area contributed by atoms with Gasteiger partial charge in [-0.2, -0.15) is 0 Å². The predicted molar refractivity (Wildman–Crippen MR) is 90.0 cm³/mol. The van der Waals surface area contributed by atoms with E-state index in [1.54, 1.807) is 13.0 Å². The maximum atomic E-state index is 11.9. The van der Waals surface area contributed by atoms with Crippen LogP contribution >= 0.6 is 0 Å². The van der Waals surface area contributed by atoms with Gasteiger partial charge in [-0.3, -0.25) is 9.69 Å². The number of hydrogen-bond acceptors (Lipinski definition) is 7. The minimum Gasteiger partial charge on any atom is -0.493 e. The molecule has 8 heteroatoms. The molecular formula is C17H21N3O5.